The number of carboxylic acid groups (broad SMARTS) is 3. The van der Waals surface area contributed by atoms with Crippen LogP contribution in [0.4, 0.5) is 0 Å². The average Bonchev–Trinajstić information content (AvgIpc) is 1.95. The summed E-state index contributed by atoms with van der Waals surface area (Å²) >= 11 is 0. The number of hydrogen-bond acceptors (Lipinski definition) is 11. The van der Waals surface area contributed by atoms with Crippen LogP contribution in [0.15, 0.2) is 0 Å². The molecule has 0 aliphatic rings. The molecule has 0 heterocycles. The van der Waals surface area contributed by atoms with Crippen LogP contribution in [-0.4, -0.2) is 133 Å². The van der Waals surface area contributed by atoms with E-state index < -0.39 is 44.2 Å². The van der Waals surface area contributed by atoms with Crippen LogP contribution in [0.1, 0.15) is 12.8 Å². The molecule has 0 aromatic carbocycles. The second-order valence-corrected chi connectivity index (χ2v) is 3.76. The quantitative estimate of drug-likeness (QED) is 0.204. The standard InChI is InChI=1S/C6H8O7.Ca.3ClH.K.Mg.4Na.H3O4P.8H2O/c7-3(8)1-6(13,5(11)12)2-4(9)10;;;;;;;;;;;1-5(2,3)4;;;;;;;;/h13H,1-2H2,(H,7,8)(H,9,10)(H,11,12);;3*1H;;;;;;;(H3,1,2,3,4);8*1H2/q;+2;;;;+1;+2;4*+1;;;;;;;;;/p-9. The van der Waals surface area contributed by atoms with E-state index in [-0.39, 0.29) is 311 Å². The smallest absolute Gasteiger partial charge is 1.00 e. The zero-order valence-electron chi connectivity index (χ0n) is 19.9. The third-order valence-electron chi connectivity index (χ3n) is 1.25. The Morgan fingerprint density at radius 1 is 0.639 bits per heavy atom. The molecule has 0 aromatic rings. The third-order valence-corrected chi connectivity index (χ3v) is 1.25. The minimum Gasteiger partial charge on any atom is -1.00 e. The normalized spacial score (nSPS) is 5.56. The Morgan fingerprint density at radius 3 is 0.806 bits per heavy atom. The van der Waals surface area contributed by atoms with Crippen molar-refractivity contribution in [3.63, 3.8) is 0 Å². The summed E-state index contributed by atoms with van der Waals surface area (Å²) in [4.78, 5) is 55.6. The Labute approximate surface area is 400 Å². The van der Waals surface area contributed by atoms with Crippen molar-refractivity contribution in [2.24, 2.45) is 0 Å². The van der Waals surface area contributed by atoms with Crippen molar-refractivity contribution in [1.82, 2.24) is 0 Å². The van der Waals surface area contributed by atoms with Crippen LogP contribution in [0.5, 0.6) is 0 Å². The first-order valence-corrected chi connectivity index (χ1v) is 5.30. The number of carboxylic acids is 3. The maximum atomic E-state index is 10.1. The molecule has 0 fully saturated rings. The summed E-state index contributed by atoms with van der Waals surface area (Å²) in [5, 5.41) is 38.9. The van der Waals surface area contributed by atoms with Crippen LogP contribution in [0.3, 0.4) is 0 Å². The molecule has 0 saturated carbocycles. The van der Waals surface area contributed by atoms with E-state index in [0.29, 0.717) is 0 Å². The number of aliphatic hydroxyl groups is 1. The summed E-state index contributed by atoms with van der Waals surface area (Å²) in [6.07, 6.45) is -2.72. The topological polar surface area (TPSA) is 479 Å². The summed E-state index contributed by atoms with van der Waals surface area (Å²) in [5.74, 6) is -5.98. The van der Waals surface area contributed by atoms with Crippen molar-refractivity contribution in [1.29, 1.82) is 0 Å². The van der Waals surface area contributed by atoms with Gasteiger partial charge in [-0.2, -0.15) is 7.82 Å². The maximum Gasteiger partial charge on any atom is 2.00 e. The van der Waals surface area contributed by atoms with Gasteiger partial charge in [0.1, 0.15) is 5.60 Å². The number of hydrogen-bond donors (Lipinski definition) is 1. The van der Waals surface area contributed by atoms with Crippen LogP contribution in [0.25, 0.3) is 0 Å². The van der Waals surface area contributed by atoms with Gasteiger partial charge in [-0.1, -0.05) is 0 Å². The van der Waals surface area contributed by atoms with Gasteiger partial charge in [0.25, 0.3) is 0 Å². The fourth-order valence-electron chi connectivity index (χ4n) is 0.684. The minimum atomic E-state index is -5.39. The fourth-order valence-corrected chi connectivity index (χ4v) is 0.684. The van der Waals surface area contributed by atoms with Gasteiger partial charge < -0.3 is 135 Å². The molecule has 194 valence electrons. The zero-order valence-corrected chi connectivity index (χ0v) is 37.8. The van der Waals surface area contributed by atoms with Gasteiger partial charge in [-0.25, -0.2) is 0 Å². The van der Waals surface area contributed by atoms with Gasteiger partial charge in [0, 0.05) is 24.8 Å². The number of rotatable bonds is 5. The van der Waals surface area contributed by atoms with Crippen LogP contribution >= 0.6 is 7.82 Å². The average molecular weight is 730 g/mol. The molecule has 0 rings (SSSR count). The van der Waals surface area contributed by atoms with E-state index in [1.54, 1.807) is 0 Å². The van der Waals surface area contributed by atoms with E-state index in [0.717, 1.165) is 0 Å². The number of aliphatic carboxylic acids is 3. The van der Waals surface area contributed by atoms with Gasteiger partial charge in [-0.3, -0.25) is 0 Å². The molecule has 0 atom stereocenters. The van der Waals surface area contributed by atoms with Crippen LogP contribution in [0.2, 0.25) is 0 Å². The summed E-state index contributed by atoms with van der Waals surface area (Å²) in [6, 6.07) is 0. The second-order valence-electron chi connectivity index (χ2n) is 2.86. The van der Waals surface area contributed by atoms with E-state index >= 15 is 0 Å². The van der Waals surface area contributed by atoms with Gasteiger partial charge in [-0.05, 0) is 0 Å². The molecular formula is C6H21CaCl3KMgNa4O19P. The van der Waals surface area contributed by atoms with Crippen LogP contribution in [-0.2, 0) is 18.9 Å². The first kappa shape index (κ1) is 144. The van der Waals surface area contributed by atoms with Gasteiger partial charge in [-0.15, -0.1) is 0 Å². The van der Waals surface area contributed by atoms with Gasteiger partial charge in [0.05, 0.1) is 5.97 Å². The Bertz CT molecular complexity index is 399. The molecule has 0 aliphatic heterocycles. The summed E-state index contributed by atoms with van der Waals surface area (Å²) in [7, 11) is -5.39. The van der Waals surface area contributed by atoms with E-state index in [4.69, 9.17) is 24.4 Å². The predicted octanol–water partition coefficient (Wildman–Crippen LogP) is -39.4. The maximum absolute atomic E-state index is 10.1. The number of carbonyl (C=O) groups is 3. The fraction of sp³-hybridized carbons (Fsp3) is 0.500. The molecule has 17 N–H and O–H groups in total. The van der Waals surface area contributed by atoms with Crippen molar-refractivity contribution in [3.8, 4) is 0 Å². The largest absolute Gasteiger partial charge is 2.00 e. The van der Waals surface area contributed by atoms with Crippen molar-refractivity contribution in [2.75, 3.05) is 0 Å². The van der Waals surface area contributed by atoms with E-state index in [1.807, 2.05) is 0 Å². The summed E-state index contributed by atoms with van der Waals surface area (Å²) in [5.41, 5.74) is -2.97. The van der Waals surface area contributed by atoms with Crippen LogP contribution < -0.4 is 237 Å². The van der Waals surface area contributed by atoms with E-state index in [2.05, 4.69) is 0 Å². The molecule has 0 bridgehead atoms. The molecule has 0 unspecified atom stereocenters. The van der Waals surface area contributed by atoms with Gasteiger partial charge >= 0.3 is 230 Å². The molecule has 0 spiro atoms. The molecule has 36 heavy (non-hydrogen) atoms. The monoisotopic (exact) mass is 728 g/mol. The zero-order chi connectivity index (χ0) is 15.1. The number of carbonyl (C=O) groups excluding carboxylic acids is 3. The molecule has 19 nitrogen and oxygen atoms in total. The van der Waals surface area contributed by atoms with Gasteiger partial charge in [0.15, 0.2) is 0 Å². The van der Waals surface area contributed by atoms with Crippen molar-refractivity contribution >= 4 is 86.5 Å². The Kier molecular flexibility index (Phi) is 313. The van der Waals surface area contributed by atoms with E-state index in [9.17, 15) is 29.7 Å². The van der Waals surface area contributed by atoms with Gasteiger partial charge in [0.2, 0.25) is 0 Å². The summed E-state index contributed by atoms with van der Waals surface area (Å²) < 4.78 is 8.55. The second kappa shape index (κ2) is 78.3. The van der Waals surface area contributed by atoms with Crippen molar-refractivity contribution in [2.45, 2.75) is 18.4 Å². The van der Waals surface area contributed by atoms with Crippen LogP contribution in [0, 0.1) is 0 Å². The Hall–Kier alpha value is 6.69. The first-order valence-electron chi connectivity index (χ1n) is 3.84. The first-order chi connectivity index (χ1) is 7.78. The SMILES string of the molecule is O.O.O.O.O.O.O.O.O=C([O-])CC(O)(CC(=O)[O-])C(=O)[O-].O=P([O-])([O-])[O-].[Ca+2].[Cl-].[Cl-].[Cl-].[K+].[Mg+2].[Na+].[Na+].[Na+].[Na+]. The van der Waals surface area contributed by atoms with E-state index in [1.165, 1.54) is 0 Å². The molecule has 30 heteroatoms. The third kappa shape index (κ3) is 124. The Morgan fingerprint density at radius 2 is 0.750 bits per heavy atom. The predicted molar refractivity (Wildman–Crippen MR) is 77.2 cm³/mol. The van der Waals surface area contributed by atoms with Crippen molar-refractivity contribution in [3.05, 3.63) is 0 Å². The molecule has 0 aliphatic carbocycles. The molecule has 0 saturated heterocycles. The minimum absolute atomic E-state index is 0. The molecule has 0 aromatic heterocycles. The number of halogens is 3. The van der Waals surface area contributed by atoms with Crippen molar-refractivity contribution < 1.29 is 305 Å². The summed E-state index contributed by atoms with van der Waals surface area (Å²) in [6.45, 7) is 0. The molecule has 0 radical (unpaired) electrons. The molecular weight excluding hydrogens is 709 g/mol. The number of phosphoric acid groups is 1. The Balaban J connectivity index is -0.00000000578. The molecule has 0 amide bonds.